The lowest BCUT2D eigenvalue weighted by Crippen LogP contribution is -2.53. The van der Waals surface area contributed by atoms with Crippen LogP contribution in [0.3, 0.4) is 0 Å². The average molecular weight is 302 g/mol. The van der Waals surface area contributed by atoms with Crippen LogP contribution in [0.25, 0.3) is 0 Å². The number of carbonyl (C=O) groups excluding carboxylic acids is 2. The summed E-state index contributed by atoms with van der Waals surface area (Å²) in [4.78, 5) is 30.8. The van der Waals surface area contributed by atoms with E-state index >= 15 is 0 Å². The minimum Gasteiger partial charge on any atom is -0.332 e. The number of hydrogen-bond donors (Lipinski definition) is 0. The first-order valence-corrected chi connectivity index (χ1v) is 6.63. The lowest BCUT2D eigenvalue weighted by atomic mass is 10.2. The summed E-state index contributed by atoms with van der Waals surface area (Å²) in [7, 11) is 0. The molecule has 5 nitrogen and oxygen atoms in total. The van der Waals surface area contributed by atoms with Crippen molar-refractivity contribution in [3.05, 3.63) is 28.0 Å². The maximum Gasteiger partial charge on any atom is 0.243 e. The molecule has 1 aliphatic heterocycles. The molecule has 0 bridgehead atoms. The summed E-state index contributed by atoms with van der Waals surface area (Å²) < 4.78 is 0. The molecule has 19 heavy (non-hydrogen) atoms. The molecule has 1 aliphatic rings. The molecule has 1 fully saturated rings. The molecule has 0 aliphatic carbocycles. The van der Waals surface area contributed by atoms with Crippen LogP contribution in [0.1, 0.15) is 12.6 Å². The van der Waals surface area contributed by atoms with E-state index in [2.05, 4.69) is 4.98 Å². The second-order valence-electron chi connectivity index (χ2n) is 4.22. The largest absolute Gasteiger partial charge is 0.332 e. The Morgan fingerprint density at radius 2 is 1.79 bits per heavy atom. The fraction of sp³-hybridized carbons (Fsp3) is 0.417. The molecule has 1 saturated heterocycles. The Labute approximate surface area is 121 Å². The van der Waals surface area contributed by atoms with Gasteiger partial charge in [-0.05, 0) is 19.1 Å². The van der Waals surface area contributed by atoms with E-state index in [-0.39, 0.29) is 31.4 Å². The zero-order valence-electron chi connectivity index (χ0n) is 10.4. The highest BCUT2D eigenvalue weighted by atomic mass is 35.5. The number of halogens is 2. The summed E-state index contributed by atoms with van der Waals surface area (Å²) in [5.41, 5.74) is 0.500. The van der Waals surface area contributed by atoms with Gasteiger partial charge in [0.05, 0.1) is 23.8 Å². The normalized spacial score (nSPS) is 16.2. The van der Waals surface area contributed by atoms with Gasteiger partial charge in [-0.3, -0.25) is 9.59 Å². The van der Waals surface area contributed by atoms with Gasteiger partial charge in [-0.25, -0.2) is 4.98 Å². The van der Waals surface area contributed by atoms with Gasteiger partial charge in [0.15, 0.2) is 0 Å². The van der Waals surface area contributed by atoms with Gasteiger partial charge in [-0.2, -0.15) is 0 Å². The second-order valence-corrected chi connectivity index (χ2v) is 5.01. The fourth-order valence-electron chi connectivity index (χ4n) is 1.88. The summed E-state index contributed by atoms with van der Waals surface area (Å²) in [6, 6.07) is 3.20. The van der Waals surface area contributed by atoms with Crippen molar-refractivity contribution in [2.24, 2.45) is 0 Å². The number of aromatic nitrogens is 1. The van der Waals surface area contributed by atoms with Crippen LogP contribution in [-0.2, 0) is 16.1 Å². The van der Waals surface area contributed by atoms with Gasteiger partial charge in [0.1, 0.15) is 11.7 Å². The van der Waals surface area contributed by atoms with Gasteiger partial charge >= 0.3 is 0 Å². The van der Waals surface area contributed by atoms with Gasteiger partial charge in [0.25, 0.3) is 0 Å². The molecular weight excluding hydrogens is 289 g/mol. The molecule has 1 aromatic heterocycles. The van der Waals surface area contributed by atoms with Crippen molar-refractivity contribution in [1.82, 2.24) is 14.8 Å². The second kappa shape index (κ2) is 5.75. The topological polar surface area (TPSA) is 53.5 Å². The fourth-order valence-corrected chi connectivity index (χ4v) is 2.21. The molecule has 1 aromatic rings. The minimum absolute atomic E-state index is 0.0528. The van der Waals surface area contributed by atoms with E-state index in [9.17, 15) is 9.59 Å². The van der Waals surface area contributed by atoms with E-state index in [1.807, 2.05) is 6.92 Å². The van der Waals surface area contributed by atoms with Crippen LogP contribution in [0.4, 0.5) is 0 Å². The maximum absolute atomic E-state index is 11.9. The smallest absolute Gasteiger partial charge is 0.243 e. The Morgan fingerprint density at radius 1 is 1.16 bits per heavy atom. The highest BCUT2D eigenvalue weighted by molar-refractivity contribution is 6.32. The molecule has 2 amide bonds. The van der Waals surface area contributed by atoms with Crippen LogP contribution >= 0.6 is 23.2 Å². The molecule has 102 valence electrons. The lowest BCUT2D eigenvalue weighted by molar-refractivity contribution is -0.150. The van der Waals surface area contributed by atoms with Crippen molar-refractivity contribution in [3.8, 4) is 0 Å². The first kappa shape index (κ1) is 14.1. The van der Waals surface area contributed by atoms with E-state index in [1.54, 1.807) is 12.1 Å². The third kappa shape index (κ3) is 3.16. The maximum atomic E-state index is 11.9. The zero-order valence-corrected chi connectivity index (χ0v) is 11.9. The van der Waals surface area contributed by atoms with Crippen molar-refractivity contribution in [2.45, 2.75) is 13.5 Å². The van der Waals surface area contributed by atoms with Crippen molar-refractivity contribution in [3.63, 3.8) is 0 Å². The molecule has 0 N–H and O–H groups in total. The molecule has 0 atom stereocenters. The average Bonchev–Trinajstić information content (AvgIpc) is 2.37. The molecular formula is C12H13Cl2N3O2. The van der Waals surface area contributed by atoms with Crippen molar-refractivity contribution in [1.29, 1.82) is 0 Å². The van der Waals surface area contributed by atoms with Crippen LogP contribution in [-0.4, -0.2) is 46.2 Å². The van der Waals surface area contributed by atoms with Crippen molar-refractivity contribution in [2.75, 3.05) is 19.6 Å². The van der Waals surface area contributed by atoms with Crippen LogP contribution in [0.2, 0.25) is 10.2 Å². The highest BCUT2D eigenvalue weighted by Gasteiger charge is 2.29. The van der Waals surface area contributed by atoms with Gasteiger partial charge in [0.2, 0.25) is 11.8 Å². The predicted molar refractivity (Wildman–Crippen MR) is 71.9 cm³/mol. The number of piperazine rings is 1. The van der Waals surface area contributed by atoms with Crippen LogP contribution in [0.5, 0.6) is 0 Å². The Bertz CT molecular complexity index is 522. The number of likely N-dealkylation sites (N-methyl/N-ethyl adjacent to an activating group) is 1. The predicted octanol–water partition coefficient (Wildman–Crippen LogP) is 1.58. The summed E-state index contributed by atoms with van der Waals surface area (Å²) in [5.74, 6) is -0.181. The van der Waals surface area contributed by atoms with E-state index in [0.717, 1.165) is 0 Å². The molecule has 0 saturated carbocycles. The standard InChI is InChI=1S/C12H13Cl2N3O2/c1-2-16-6-12(19)17(7-11(16)18)5-9-8(13)3-4-10(14)15-9/h3-4H,2,5-7H2,1H3. The van der Waals surface area contributed by atoms with Crippen LogP contribution < -0.4 is 0 Å². The Balaban J connectivity index is 2.13. The Kier molecular flexibility index (Phi) is 4.27. The van der Waals surface area contributed by atoms with Crippen molar-refractivity contribution >= 4 is 35.0 Å². The highest BCUT2D eigenvalue weighted by Crippen LogP contribution is 2.19. The van der Waals surface area contributed by atoms with E-state index in [4.69, 9.17) is 23.2 Å². The van der Waals surface area contributed by atoms with Gasteiger partial charge in [0, 0.05) is 6.54 Å². The van der Waals surface area contributed by atoms with Gasteiger partial charge in [-0.15, -0.1) is 0 Å². The van der Waals surface area contributed by atoms with Crippen LogP contribution in [0.15, 0.2) is 12.1 Å². The Hall–Kier alpha value is -1.33. The number of hydrogen-bond acceptors (Lipinski definition) is 3. The number of rotatable bonds is 3. The lowest BCUT2D eigenvalue weighted by Gasteiger charge is -2.33. The summed E-state index contributed by atoms with van der Waals surface area (Å²) in [6.45, 7) is 2.73. The Morgan fingerprint density at radius 3 is 2.47 bits per heavy atom. The third-order valence-electron chi connectivity index (χ3n) is 2.96. The molecule has 0 radical (unpaired) electrons. The number of nitrogens with zero attached hydrogens (tertiary/aromatic N) is 3. The summed E-state index contributed by atoms with van der Waals surface area (Å²) >= 11 is 11.8. The first-order valence-electron chi connectivity index (χ1n) is 5.87. The van der Waals surface area contributed by atoms with Gasteiger partial charge < -0.3 is 9.80 Å². The molecule has 0 aromatic carbocycles. The molecule has 7 heteroatoms. The molecule has 0 unspecified atom stereocenters. The van der Waals surface area contributed by atoms with Gasteiger partial charge in [-0.1, -0.05) is 23.2 Å². The van der Waals surface area contributed by atoms with E-state index < -0.39 is 0 Å². The SMILES string of the molecule is CCN1CC(=O)N(Cc2nc(Cl)ccc2Cl)CC1=O. The van der Waals surface area contributed by atoms with Crippen molar-refractivity contribution < 1.29 is 9.59 Å². The monoisotopic (exact) mass is 301 g/mol. The van der Waals surface area contributed by atoms with E-state index in [0.29, 0.717) is 22.4 Å². The summed E-state index contributed by atoms with van der Waals surface area (Å²) in [6.07, 6.45) is 0. The quantitative estimate of drug-likeness (QED) is 0.797. The summed E-state index contributed by atoms with van der Waals surface area (Å²) in [5, 5.41) is 0.743. The van der Waals surface area contributed by atoms with Crippen LogP contribution in [0, 0.1) is 0 Å². The number of carbonyl (C=O) groups is 2. The minimum atomic E-state index is -0.112. The third-order valence-corrected chi connectivity index (χ3v) is 3.52. The van der Waals surface area contributed by atoms with E-state index in [1.165, 1.54) is 9.80 Å². The zero-order chi connectivity index (χ0) is 14.0. The number of pyridine rings is 1. The first-order chi connectivity index (χ1) is 9.01. The number of amides is 2. The molecule has 0 spiro atoms. The molecule has 2 heterocycles. The molecule has 2 rings (SSSR count).